The first-order valence-corrected chi connectivity index (χ1v) is 9.87. The second-order valence-corrected chi connectivity index (χ2v) is 7.29. The van der Waals surface area contributed by atoms with E-state index in [0.717, 1.165) is 28.9 Å². The van der Waals surface area contributed by atoms with E-state index in [-0.39, 0.29) is 11.7 Å². The van der Waals surface area contributed by atoms with E-state index in [1.54, 1.807) is 31.5 Å². The van der Waals surface area contributed by atoms with Crippen LogP contribution in [0, 0.1) is 12.7 Å². The van der Waals surface area contributed by atoms with Crippen LogP contribution in [0.15, 0.2) is 54.9 Å². The highest BCUT2D eigenvalue weighted by Gasteiger charge is 2.23. The zero-order valence-corrected chi connectivity index (χ0v) is 16.9. The molecule has 0 aliphatic carbocycles. The van der Waals surface area contributed by atoms with E-state index in [9.17, 15) is 9.18 Å². The van der Waals surface area contributed by atoms with Gasteiger partial charge in [-0.1, -0.05) is 24.3 Å². The number of anilines is 1. The van der Waals surface area contributed by atoms with E-state index in [0.29, 0.717) is 30.0 Å². The van der Waals surface area contributed by atoms with Crippen molar-refractivity contribution >= 4 is 11.7 Å². The third-order valence-corrected chi connectivity index (χ3v) is 5.52. The Morgan fingerprint density at radius 2 is 2.17 bits per heavy atom. The molecule has 1 aromatic heterocycles. The van der Waals surface area contributed by atoms with Gasteiger partial charge in [0.15, 0.2) is 0 Å². The standard InChI is InChI=1S/C24H23FN2O3/c1-15-18(4-3-5-21(15)25)16-6-7-19-17(9-11-30-23(19)12-16)13-27-22-14-26-10-8-20(22)24(28)29-2/h3-8,10,12,14,17,27H,9,11,13H2,1-2H3/t17-/m1/s1. The van der Waals surface area contributed by atoms with Crippen LogP contribution in [0.4, 0.5) is 10.1 Å². The molecule has 0 spiro atoms. The van der Waals surface area contributed by atoms with Crippen LogP contribution in [-0.4, -0.2) is 31.2 Å². The molecule has 0 bridgehead atoms. The van der Waals surface area contributed by atoms with Crippen molar-refractivity contribution < 1.29 is 18.7 Å². The summed E-state index contributed by atoms with van der Waals surface area (Å²) in [4.78, 5) is 16.1. The maximum atomic E-state index is 14.0. The number of fused-ring (bicyclic) bond motifs is 1. The second-order valence-electron chi connectivity index (χ2n) is 7.29. The molecule has 3 aromatic rings. The summed E-state index contributed by atoms with van der Waals surface area (Å²) in [6.45, 7) is 3.01. The maximum Gasteiger partial charge on any atom is 0.340 e. The topological polar surface area (TPSA) is 60.5 Å². The number of nitrogens with zero attached hydrogens (tertiary/aromatic N) is 1. The Hall–Kier alpha value is -3.41. The van der Waals surface area contributed by atoms with Crippen LogP contribution in [-0.2, 0) is 4.74 Å². The first-order valence-electron chi connectivity index (χ1n) is 9.87. The SMILES string of the molecule is COC(=O)c1ccncc1NC[C@H]1CCOc2cc(-c3cccc(F)c3C)ccc21. The average molecular weight is 406 g/mol. The van der Waals surface area contributed by atoms with E-state index in [2.05, 4.69) is 10.3 Å². The molecule has 1 aliphatic heterocycles. The molecule has 4 rings (SSSR count). The van der Waals surface area contributed by atoms with Crippen LogP contribution in [0.25, 0.3) is 11.1 Å². The fourth-order valence-electron chi connectivity index (χ4n) is 3.82. The summed E-state index contributed by atoms with van der Waals surface area (Å²) in [6, 6.07) is 12.8. The summed E-state index contributed by atoms with van der Waals surface area (Å²) in [5, 5.41) is 3.33. The van der Waals surface area contributed by atoms with Gasteiger partial charge in [-0.25, -0.2) is 9.18 Å². The predicted octanol–water partition coefficient (Wildman–Crippen LogP) is 4.96. The van der Waals surface area contributed by atoms with Gasteiger partial charge >= 0.3 is 5.97 Å². The zero-order chi connectivity index (χ0) is 21.1. The van der Waals surface area contributed by atoms with Crippen LogP contribution >= 0.6 is 0 Å². The molecule has 0 saturated carbocycles. The molecule has 1 N–H and O–H groups in total. The van der Waals surface area contributed by atoms with E-state index in [1.165, 1.54) is 13.2 Å². The largest absolute Gasteiger partial charge is 0.493 e. The number of aromatic nitrogens is 1. The summed E-state index contributed by atoms with van der Waals surface area (Å²) in [5.41, 5.74) is 4.61. The van der Waals surface area contributed by atoms with Crippen molar-refractivity contribution in [2.75, 3.05) is 25.6 Å². The molecule has 1 atom stereocenters. The number of pyridine rings is 1. The average Bonchev–Trinajstić information content (AvgIpc) is 2.78. The van der Waals surface area contributed by atoms with Crippen molar-refractivity contribution in [3.63, 3.8) is 0 Å². The minimum atomic E-state index is -0.401. The molecule has 30 heavy (non-hydrogen) atoms. The Balaban J connectivity index is 1.57. The minimum absolute atomic E-state index is 0.210. The van der Waals surface area contributed by atoms with E-state index < -0.39 is 5.97 Å². The summed E-state index contributed by atoms with van der Waals surface area (Å²) in [6.07, 6.45) is 4.05. The lowest BCUT2D eigenvalue weighted by molar-refractivity contribution is 0.0601. The van der Waals surface area contributed by atoms with Crippen molar-refractivity contribution in [1.29, 1.82) is 0 Å². The van der Waals surface area contributed by atoms with Crippen LogP contribution in [0.5, 0.6) is 5.75 Å². The molecule has 2 heterocycles. The molecule has 5 nitrogen and oxygen atoms in total. The van der Waals surface area contributed by atoms with E-state index in [4.69, 9.17) is 9.47 Å². The first-order chi connectivity index (χ1) is 14.6. The summed E-state index contributed by atoms with van der Waals surface area (Å²) < 4.78 is 24.7. The minimum Gasteiger partial charge on any atom is -0.493 e. The molecule has 6 heteroatoms. The van der Waals surface area contributed by atoms with Crippen LogP contribution < -0.4 is 10.1 Å². The molecular formula is C24H23FN2O3. The van der Waals surface area contributed by atoms with Crippen LogP contribution in [0.2, 0.25) is 0 Å². The lowest BCUT2D eigenvalue weighted by Gasteiger charge is -2.27. The van der Waals surface area contributed by atoms with Gasteiger partial charge in [-0.3, -0.25) is 4.98 Å². The molecular weight excluding hydrogens is 383 g/mol. The number of methoxy groups -OCH3 is 1. The van der Waals surface area contributed by atoms with Crippen molar-refractivity contribution in [2.45, 2.75) is 19.3 Å². The highest BCUT2D eigenvalue weighted by atomic mass is 19.1. The number of hydrogen-bond acceptors (Lipinski definition) is 5. The summed E-state index contributed by atoms with van der Waals surface area (Å²) >= 11 is 0. The quantitative estimate of drug-likeness (QED) is 0.607. The maximum absolute atomic E-state index is 14.0. The fourth-order valence-corrected chi connectivity index (χ4v) is 3.82. The predicted molar refractivity (Wildman–Crippen MR) is 113 cm³/mol. The summed E-state index contributed by atoms with van der Waals surface area (Å²) in [5.74, 6) is 0.407. The molecule has 0 saturated heterocycles. The number of nitrogens with one attached hydrogen (secondary N) is 1. The molecule has 0 radical (unpaired) electrons. The van der Waals surface area contributed by atoms with Gasteiger partial charge in [-0.05, 0) is 53.8 Å². The third kappa shape index (κ3) is 3.85. The normalized spacial score (nSPS) is 15.1. The fraction of sp³-hybridized carbons (Fsp3) is 0.250. The van der Waals surface area contributed by atoms with Gasteiger partial charge in [0.2, 0.25) is 0 Å². The Morgan fingerprint density at radius 1 is 1.30 bits per heavy atom. The molecule has 2 aromatic carbocycles. The van der Waals surface area contributed by atoms with Crippen LogP contribution in [0.1, 0.15) is 33.8 Å². The number of halogens is 1. The number of rotatable bonds is 5. The lowest BCUT2D eigenvalue weighted by atomic mass is 9.90. The van der Waals surface area contributed by atoms with Gasteiger partial charge in [0.25, 0.3) is 0 Å². The number of benzene rings is 2. The highest BCUT2D eigenvalue weighted by molar-refractivity contribution is 5.95. The van der Waals surface area contributed by atoms with E-state index in [1.807, 2.05) is 24.3 Å². The van der Waals surface area contributed by atoms with Gasteiger partial charge in [0, 0.05) is 18.7 Å². The van der Waals surface area contributed by atoms with Gasteiger partial charge in [0.05, 0.1) is 31.2 Å². The van der Waals surface area contributed by atoms with Crippen LogP contribution in [0.3, 0.4) is 0 Å². The van der Waals surface area contributed by atoms with Gasteiger partial charge < -0.3 is 14.8 Å². The second kappa shape index (κ2) is 8.53. The highest BCUT2D eigenvalue weighted by Crippen LogP contribution is 2.38. The zero-order valence-electron chi connectivity index (χ0n) is 16.9. The van der Waals surface area contributed by atoms with Gasteiger partial charge in [-0.2, -0.15) is 0 Å². The van der Waals surface area contributed by atoms with Gasteiger partial charge in [0.1, 0.15) is 11.6 Å². The number of ether oxygens (including phenoxy) is 2. The van der Waals surface area contributed by atoms with E-state index >= 15 is 0 Å². The smallest absolute Gasteiger partial charge is 0.340 e. The van der Waals surface area contributed by atoms with Crippen molar-refractivity contribution in [2.24, 2.45) is 0 Å². The summed E-state index contributed by atoms with van der Waals surface area (Å²) in [7, 11) is 1.36. The third-order valence-electron chi connectivity index (χ3n) is 5.52. The Morgan fingerprint density at radius 3 is 3.00 bits per heavy atom. The monoisotopic (exact) mass is 406 g/mol. The Bertz CT molecular complexity index is 1080. The molecule has 0 fully saturated rings. The number of hydrogen-bond donors (Lipinski definition) is 1. The van der Waals surface area contributed by atoms with Crippen molar-refractivity contribution in [1.82, 2.24) is 4.98 Å². The number of carbonyl (C=O) groups is 1. The van der Waals surface area contributed by atoms with Crippen molar-refractivity contribution in [3.05, 3.63) is 77.4 Å². The lowest BCUT2D eigenvalue weighted by Crippen LogP contribution is -2.21. The first kappa shape index (κ1) is 19.9. The molecule has 154 valence electrons. The molecule has 0 amide bonds. The molecule has 0 unspecified atom stereocenters. The number of esters is 1. The number of carbonyl (C=O) groups excluding carboxylic acids is 1. The Kier molecular flexibility index (Phi) is 5.65. The molecule has 1 aliphatic rings. The van der Waals surface area contributed by atoms with Gasteiger partial charge in [-0.15, -0.1) is 0 Å². The van der Waals surface area contributed by atoms with Crippen molar-refractivity contribution in [3.8, 4) is 16.9 Å². The Labute approximate surface area is 174 Å².